The van der Waals surface area contributed by atoms with Crippen molar-refractivity contribution < 1.29 is 24.1 Å². The van der Waals surface area contributed by atoms with E-state index in [0.29, 0.717) is 38.2 Å². The summed E-state index contributed by atoms with van der Waals surface area (Å²) in [6.45, 7) is 1.12. The molecular formula is C19H19NO5. The molecule has 1 spiro atoms. The van der Waals surface area contributed by atoms with Crippen LogP contribution in [0.4, 0.5) is 0 Å². The minimum absolute atomic E-state index is 0.0624. The Labute approximate surface area is 145 Å². The number of methoxy groups -OCH3 is 1. The van der Waals surface area contributed by atoms with E-state index in [0.717, 1.165) is 16.7 Å². The van der Waals surface area contributed by atoms with Crippen LogP contribution in [-0.2, 0) is 26.0 Å². The molecule has 4 aliphatic rings. The Morgan fingerprint density at radius 1 is 1.28 bits per heavy atom. The Balaban J connectivity index is 1.68. The maximum absolute atomic E-state index is 10.3. The Hall–Kier alpha value is -2.23. The van der Waals surface area contributed by atoms with Gasteiger partial charge in [-0.15, -0.1) is 0 Å². The zero-order valence-electron chi connectivity index (χ0n) is 13.9. The second-order valence-electron chi connectivity index (χ2n) is 7.14. The Morgan fingerprint density at radius 3 is 2.80 bits per heavy atom. The molecule has 0 amide bonds. The molecule has 25 heavy (non-hydrogen) atoms. The topological polar surface area (TPSA) is 80.9 Å². The summed E-state index contributed by atoms with van der Waals surface area (Å²) in [5.74, 6) is -0.380. The van der Waals surface area contributed by atoms with Gasteiger partial charge in [-0.05, 0) is 29.7 Å². The molecule has 0 unspecified atom stereocenters. The standard InChI is InChI=1S/C19H19NO5/c1-22-15-6-11-7-16-17-13(9-23-16)19(24-4-5-25-19)3-2-18(17,10-20)12(11)8-14(15)21/h6,8-9,16-17,21H,2-5,7H2,1H3/t16-,17-,18-/m1/s1. The molecule has 2 aliphatic heterocycles. The van der Waals surface area contributed by atoms with E-state index >= 15 is 0 Å². The third-order valence-electron chi connectivity index (χ3n) is 6.16. The van der Waals surface area contributed by atoms with Gasteiger partial charge < -0.3 is 24.1 Å². The van der Waals surface area contributed by atoms with Crippen molar-refractivity contribution in [2.45, 2.75) is 36.6 Å². The lowest BCUT2D eigenvalue weighted by Gasteiger charge is -2.49. The first-order valence-corrected chi connectivity index (χ1v) is 8.59. The lowest BCUT2D eigenvalue weighted by Crippen LogP contribution is -2.54. The van der Waals surface area contributed by atoms with Crippen molar-refractivity contribution in [1.82, 2.24) is 0 Å². The lowest BCUT2D eigenvalue weighted by atomic mass is 9.54. The maximum Gasteiger partial charge on any atom is 0.194 e. The summed E-state index contributed by atoms with van der Waals surface area (Å²) in [6, 6.07) is 6.08. The molecular weight excluding hydrogens is 322 g/mol. The number of nitrogens with zero attached hydrogens (tertiary/aromatic N) is 1. The number of nitriles is 1. The molecule has 6 heteroatoms. The zero-order valence-corrected chi connectivity index (χ0v) is 13.9. The summed E-state index contributed by atoms with van der Waals surface area (Å²) in [7, 11) is 1.53. The average Bonchev–Trinajstić information content (AvgIpc) is 3.27. The molecule has 2 aliphatic carbocycles. The van der Waals surface area contributed by atoms with Crippen LogP contribution in [0, 0.1) is 17.2 Å². The Morgan fingerprint density at radius 2 is 2.08 bits per heavy atom. The highest BCUT2D eigenvalue weighted by Gasteiger charge is 2.63. The third-order valence-corrected chi connectivity index (χ3v) is 6.16. The van der Waals surface area contributed by atoms with Crippen LogP contribution in [0.15, 0.2) is 24.0 Å². The number of hydrogen-bond acceptors (Lipinski definition) is 6. The molecule has 6 nitrogen and oxygen atoms in total. The van der Waals surface area contributed by atoms with E-state index in [2.05, 4.69) is 6.07 Å². The number of ether oxygens (including phenoxy) is 4. The molecule has 1 aromatic rings. The van der Waals surface area contributed by atoms with Gasteiger partial charge in [0.2, 0.25) is 0 Å². The Kier molecular flexibility index (Phi) is 2.95. The van der Waals surface area contributed by atoms with Crippen LogP contribution in [0.5, 0.6) is 11.5 Å². The van der Waals surface area contributed by atoms with Crippen LogP contribution in [0.3, 0.4) is 0 Å². The minimum atomic E-state index is -0.745. The monoisotopic (exact) mass is 341 g/mol. The van der Waals surface area contributed by atoms with E-state index in [4.69, 9.17) is 18.9 Å². The predicted molar refractivity (Wildman–Crippen MR) is 86.0 cm³/mol. The van der Waals surface area contributed by atoms with Gasteiger partial charge in [0.15, 0.2) is 17.3 Å². The fourth-order valence-corrected chi connectivity index (χ4v) is 5.08. The van der Waals surface area contributed by atoms with Crippen molar-refractivity contribution in [3.05, 3.63) is 35.1 Å². The van der Waals surface area contributed by atoms with E-state index in [9.17, 15) is 10.4 Å². The van der Waals surface area contributed by atoms with E-state index in [-0.39, 0.29) is 17.8 Å². The summed E-state index contributed by atoms with van der Waals surface area (Å²) in [5, 5.41) is 20.5. The number of benzene rings is 1. The quantitative estimate of drug-likeness (QED) is 0.843. The molecule has 5 rings (SSSR count). The summed E-state index contributed by atoms with van der Waals surface area (Å²) in [6.07, 6.45) is 3.49. The number of phenols is 1. The molecule has 1 saturated heterocycles. The summed E-state index contributed by atoms with van der Waals surface area (Å²) < 4.78 is 23.1. The largest absolute Gasteiger partial charge is 0.504 e. The number of aromatic hydroxyl groups is 1. The van der Waals surface area contributed by atoms with Crippen molar-refractivity contribution in [2.75, 3.05) is 20.3 Å². The van der Waals surface area contributed by atoms with Crippen LogP contribution >= 0.6 is 0 Å². The molecule has 130 valence electrons. The van der Waals surface area contributed by atoms with Crippen molar-refractivity contribution in [3.8, 4) is 17.6 Å². The van der Waals surface area contributed by atoms with Crippen LogP contribution in [0.1, 0.15) is 24.0 Å². The van der Waals surface area contributed by atoms with Crippen LogP contribution in [-0.4, -0.2) is 37.3 Å². The van der Waals surface area contributed by atoms with Gasteiger partial charge >= 0.3 is 0 Å². The normalized spacial score (nSPS) is 33.8. The van der Waals surface area contributed by atoms with E-state index in [1.165, 1.54) is 7.11 Å². The van der Waals surface area contributed by atoms with Crippen molar-refractivity contribution in [1.29, 1.82) is 5.26 Å². The SMILES string of the molecule is COc1cc2c(cc1O)[C@]1(C#N)CCC3(OCCO3)C3=CO[C@H](C2)[C@@H]31. The van der Waals surface area contributed by atoms with Gasteiger partial charge in [-0.25, -0.2) is 0 Å². The van der Waals surface area contributed by atoms with Gasteiger partial charge in [0.1, 0.15) is 6.10 Å². The first-order chi connectivity index (χ1) is 12.1. The number of rotatable bonds is 1. The van der Waals surface area contributed by atoms with E-state index in [1.54, 1.807) is 12.3 Å². The average molecular weight is 341 g/mol. The number of hydrogen-bond donors (Lipinski definition) is 1. The molecule has 2 heterocycles. The highest BCUT2D eigenvalue weighted by atomic mass is 16.7. The van der Waals surface area contributed by atoms with Gasteiger partial charge in [0.25, 0.3) is 0 Å². The fraction of sp³-hybridized carbons (Fsp3) is 0.526. The highest BCUT2D eigenvalue weighted by molar-refractivity contribution is 5.56. The first kappa shape index (κ1) is 15.1. The molecule has 2 fully saturated rings. The second kappa shape index (κ2) is 4.90. The number of fused-ring (bicyclic) bond motifs is 3. The summed E-state index contributed by atoms with van der Waals surface area (Å²) in [5.41, 5.74) is 2.06. The van der Waals surface area contributed by atoms with Gasteiger partial charge in [-0.3, -0.25) is 0 Å². The first-order valence-electron chi connectivity index (χ1n) is 8.59. The van der Waals surface area contributed by atoms with Crippen molar-refractivity contribution in [3.63, 3.8) is 0 Å². The fourth-order valence-electron chi connectivity index (χ4n) is 5.08. The number of phenolic OH excluding ortho intramolecular Hbond substituents is 1. The molecule has 1 saturated carbocycles. The predicted octanol–water partition coefficient (Wildman–Crippen LogP) is 2.15. The molecule has 1 N–H and O–H groups in total. The van der Waals surface area contributed by atoms with Crippen molar-refractivity contribution >= 4 is 0 Å². The van der Waals surface area contributed by atoms with Crippen LogP contribution in [0.25, 0.3) is 0 Å². The molecule has 3 atom stereocenters. The van der Waals surface area contributed by atoms with E-state index in [1.807, 2.05) is 6.07 Å². The maximum atomic E-state index is 10.3. The molecule has 1 aromatic carbocycles. The minimum Gasteiger partial charge on any atom is -0.504 e. The van der Waals surface area contributed by atoms with Crippen molar-refractivity contribution in [2.24, 2.45) is 5.92 Å². The molecule has 0 radical (unpaired) electrons. The van der Waals surface area contributed by atoms with Gasteiger partial charge in [0.05, 0.1) is 38.1 Å². The lowest BCUT2D eigenvalue weighted by molar-refractivity contribution is -0.154. The highest BCUT2D eigenvalue weighted by Crippen LogP contribution is 2.60. The Bertz CT molecular complexity index is 820. The van der Waals surface area contributed by atoms with E-state index < -0.39 is 11.2 Å². The molecule has 0 aromatic heterocycles. The van der Waals surface area contributed by atoms with Gasteiger partial charge in [0, 0.05) is 24.3 Å². The second-order valence-corrected chi connectivity index (χ2v) is 7.14. The smallest absolute Gasteiger partial charge is 0.194 e. The van der Waals surface area contributed by atoms with Crippen LogP contribution < -0.4 is 4.74 Å². The van der Waals surface area contributed by atoms with Gasteiger partial charge in [-0.2, -0.15) is 5.26 Å². The zero-order chi connectivity index (χ0) is 17.2. The van der Waals surface area contributed by atoms with Gasteiger partial charge in [-0.1, -0.05) is 0 Å². The molecule has 0 bridgehead atoms. The third kappa shape index (κ3) is 1.75. The van der Waals surface area contributed by atoms with Crippen LogP contribution in [0.2, 0.25) is 0 Å². The summed E-state index contributed by atoms with van der Waals surface area (Å²) >= 11 is 0. The summed E-state index contributed by atoms with van der Waals surface area (Å²) in [4.78, 5) is 0.